The van der Waals surface area contributed by atoms with Crippen LogP contribution in [0.3, 0.4) is 0 Å². The topological polar surface area (TPSA) is 72.4 Å². The second-order valence-corrected chi connectivity index (χ2v) is 9.01. The first-order chi connectivity index (χ1) is 16.0. The van der Waals surface area contributed by atoms with E-state index in [1.54, 1.807) is 40.9 Å². The van der Waals surface area contributed by atoms with E-state index in [4.69, 9.17) is 0 Å². The molecule has 7 heteroatoms. The van der Waals surface area contributed by atoms with E-state index in [1.807, 2.05) is 24.3 Å². The molecule has 0 saturated heterocycles. The zero-order valence-corrected chi connectivity index (χ0v) is 18.6. The van der Waals surface area contributed by atoms with Gasteiger partial charge in [0.15, 0.2) is 5.78 Å². The largest absolute Gasteiger partial charge is 0.393 e. The van der Waals surface area contributed by atoms with E-state index in [0.29, 0.717) is 24.1 Å². The Morgan fingerprint density at radius 2 is 2.03 bits per heavy atom. The molecule has 1 fully saturated rings. The first-order valence-electron chi connectivity index (χ1n) is 11.4. The minimum absolute atomic E-state index is 0.00287. The fraction of sp³-hybridized carbons (Fsp3) is 0.346. The predicted molar refractivity (Wildman–Crippen MR) is 124 cm³/mol. The second-order valence-electron chi connectivity index (χ2n) is 9.01. The van der Waals surface area contributed by atoms with Crippen molar-refractivity contribution < 1.29 is 14.3 Å². The number of halogens is 1. The molecule has 3 aromatic heterocycles. The third-order valence-corrected chi connectivity index (χ3v) is 6.66. The molecule has 1 aliphatic rings. The number of ketones is 1. The number of benzene rings is 1. The molecular weight excluding hydrogens is 419 g/mol. The molecule has 0 amide bonds. The van der Waals surface area contributed by atoms with Gasteiger partial charge in [-0.2, -0.15) is 10.2 Å². The zero-order chi connectivity index (χ0) is 22.9. The average molecular weight is 447 g/mol. The van der Waals surface area contributed by atoms with Crippen LogP contribution in [0.25, 0.3) is 16.6 Å². The second kappa shape index (κ2) is 8.90. The molecule has 1 aromatic carbocycles. The highest BCUT2D eigenvalue weighted by Crippen LogP contribution is 2.30. The Bertz CT molecular complexity index is 1310. The smallest absolute Gasteiger partial charge is 0.181 e. The number of nitrogens with zero attached hydrogens (tertiary/aromatic N) is 4. The van der Waals surface area contributed by atoms with Crippen LogP contribution in [0.5, 0.6) is 0 Å². The molecule has 0 bridgehead atoms. The Morgan fingerprint density at radius 3 is 2.82 bits per heavy atom. The molecule has 1 aliphatic carbocycles. The number of Topliss-reactive ketones (excluding diaryl/α,β-unsaturated/α-hetero) is 1. The van der Waals surface area contributed by atoms with Crippen LogP contribution < -0.4 is 0 Å². The van der Waals surface area contributed by atoms with Crippen molar-refractivity contribution in [3.63, 3.8) is 0 Å². The van der Waals surface area contributed by atoms with Gasteiger partial charge in [0.25, 0.3) is 0 Å². The predicted octanol–water partition coefficient (Wildman–Crippen LogP) is 4.59. The lowest BCUT2D eigenvalue weighted by Crippen LogP contribution is -2.27. The van der Waals surface area contributed by atoms with Crippen molar-refractivity contribution in [1.82, 2.24) is 19.4 Å². The van der Waals surface area contributed by atoms with Crippen LogP contribution in [0.15, 0.2) is 55.0 Å². The van der Waals surface area contributed by atoms with Crippen molar-refractivity contribution >= 4 is 11.3 Å². The monoisotopic (exact) mass is 446 g/mol. The Morgan fingerprint density at radius 1 is 1.18 bits per heavy atom. The summed E-state index contributed by atoms with van der Waals surface area (Å²) in [6.07, 6.45) is 9.28. The summed E-state index contributed by atoms with van der Waals surface area (Å²) in [7, 11) is 1.80. The Kier molecular flexibility index (Phi) is 5.81. The van der Waals surface area contributed by atoms with Crippen LogP contribution in [-0.2, 0) is 13.5 Å². The highest BCUT2D eigenvalue weighted by Gasteiger charge is 2.27. The number of hydrogen-bond donors (Lipinski definition) is 1. The van der Waals surface area contributed by atoms with Crippen LogP contribution >= 0.6 is 0 Å². The van der Waals surface area contributed by atoms with Crippen molar-refractivity contribution in [2.75, 3.05) is 0 Å². The van der Waals surface area contributed by atoms with Gasteiger partial charge in [-0.25, -0.2) is 8.91 Å². The fourth-order valence-corrected chi connectivity index (χ4v) is 4.90. The molecule has 3 heterocycles. The summed E-state index contributed by atoms with van der Waals surface area (Å²) in [5.74, 6) is -0.295. The first-order valence-corrected chi connectivity index (χ1v) is 11.4. The van der Waals surface area contributed by atoms with Gasteiger partial charge >= 0.3 is 0 Å². The Labute approximate surface area is 191 Å². The molecule has 6 nitrogen and oxygen atoms in total. The summed E-state index contributed by atoms with van der Waals surface area (Å²) in [5.41, 5.74) is 4.52. The van der Waals surface area contributed by atoms with Gasteiger partial charge in [0, 0.05) is 37.0 Å². The molecule has 2 atom stereocenters. The van der Waals surface area contributed by atoms with Crippen LogP contribution in [0, 0.1) is 11.7 Å². The lowest BCUT2D eigenvalue weighted by atomic mass is 9.83. The van der Waals surface area contributed by atoms with E-state index >= 15 is 0 Å². The van der Waals surface area contributed by atoms with Crippen molar-refractivity contribution in [2.45, 2.75) is 44.6 Å². The quantitative estimate of drug-likeness (QED) is 0.440. The molecule has 4 aromatic rings. The van der Waals surface area contributed by atoms with Crippen molar-refractivity contribution in [2.24, 2.45) is 13.0 Å². The highest BCUT2D eigenvalue weighted by molar-refractivity contribution is 5.96. The minimum atomic E-state index is -0.411. The van der Waals surface area contributed by atoms with E-state index in [1.165, 1.54) is 6.07 Å². The molecule has 0 unspecified atom stereocenters. The maximum Gasteiger partial charge on any atom is 0.181 e. The summed E-state index contributed by atoms with van der Waals surface area (Å²) < 4.78 is 17.8. The van der Waals surface area contributed by atoms with Crippen LogP contribution in [0.2, 0.25) is 0 Å². The number of carbonyl (C=O) groups excluding carboxylic acids is 1. The molecular formula is C26H27FN4O2. The van der Waals surface area contributed by atoms with Gasteiger partial charge in [0.1, 0.15) is 11.5 Å². The number of carbonyl (C=O) groups is 1. The number of aliphatic hydroxyl groups excluding tert-OH is 1. The highest BCUT2D eigenvalue weighted by atomic mass is 19.1. The Hall–Kier alpha value is -3.32. The van der Waals surface area contributed by atoms with Crippen LogP contribution in [0.1, 0.15) is 53.7 Å². The van der Waals surface area contributed by atoms with Gasteiger partial charge < -0.3 is 5.11 Å². The molecule has 33 heavy (non-hydrogen) atoms. The van der Waals surface area contributed by atoms with Crippen molar-refractivity contribution in [3.8, 4) is 11.1 Å². The van der Waals surface area contributed by atoms with Gasteiger partial charge in [-0.15, -0.1) is 0 Å². The average Bonchev–Trinajstić information content (AvgIpc) is 3.40. The molecule has 5 rings (SSSR count). The van der Waals surface area contributed by atoms with Crippen molar-refractivity contribution in [3.05, 3.63) is 77.6 Å². The minimum Gasteiger partial charge on any atom is -0.393 e. The number of aliphatic hydroxyl groups is 1. The summed E-state index contributed by atoms with van der Waals surface area (Å²) in [6, 6.07) is 10.8. The lowest BCUT2D eigenvalue weighted by molar-refractivity contribution is 0.0580. The van der Waals surface area contributed by atoms with E-state index < -0.39 is 6.10 Å². The summed E-state index contributed by atoms with van der Waals surface area (Å²) in [5, 5.41) is 18.9. The molecule has 1 N–H and O–H groups in total. The number of fused-ring (bicyclic) bond motifs is 1. The van der Waals surface area contributed by atoms with E-state index in [0.717, 1.165) is 47.9 Å². The summed E-state index contributed by atoms with van der Waals surface area (Å²) in [6.45, 7) is 0. The van der Waals surface area contributed by atoms with Crippen LogP contribution in [0.4, 0.5) is 4.39 Å². The zero-order valence-electron chi connectivity index (χ0n) is 18.6. The SMILES string of the molecule is Cn1cc(-c2cc(Cc3cc(C(=O)C[C@H]4CCCC[C@@H]4O)n4ncccc34)ccc2F)cn1. The number of aryl methyl sites for hydroxylation is 1. The normalized spacial score (nSPS) is 18.6. The standard InChI is InChI=1S/C26H27FN4O2/c1-30-16-20(15-29-30)21-12-17(8-9-22(21)27)11-19-13-24(31-23(19)6-4-10-28-31)26(33)14-18-5-2-3-7-25(18)32/h4,6,8-10,12-13,15-16,18,25,32H,2-3,5,7,11,14H2,1H3/t18-,25+/m1/s1. The molecule has 170 valence electrons. The van der Waals surface area contributed by atoms with E-state index in [2.05, 4.69) is 10.2 Å². The lowest BCUT2D eigenvalue weighted by Gasteiger charge is -2.26. The molecule has 1 saturated carbocycles. The third-order valence-electron chi connectivity index (χ3n) is 6.66. The fourth-order valence-electron chi connectivity index (χ4n) is 4.90. The van der Waals surface area contributed by atoms with E-state index in [9.17, 15) is 14.3 Å². The number of aromatic nitrogens is 4. The Balaban J connectivity index is 1.45. The molecule has 0 aliphatic heterocycles. The van der Waals surface area contributed by atoms with Gasteiger partial charge in [0.2, 0.25) is 0 Å². The van der Waals surface area contributed by atoms with E-state index in [-0.39, 0.29) is 17.5 Å². The number of rotatable bonds is 6. The van der Waals surface area contributed by atoms with Gasteiger partial charge in [0.05, 0.1) is 17.8 Å². The van der Waals surface area contributed by atoms with Gasteiger partial charge in [-0.1, -0.05) is 18.9 Å². The first kappa shape index (κ1) is 21.5. The van der Waals surface area contributed by atoms with Gasteiger partial charge in [-0.3, -0.25) is 9.48 Å². The number of hydrogen-bond acceptors (Lipinski definition) is 4. The summed E-state index contributed by atoms with van der Waals surface area (Å²) >= 11 is 0. The van der Waals surface area contributed by atoms with Crippen molar-refractivity contribution in [1.29, 1.82) is 0 Å². The maximum atomic E-state index is 14.5. The van der Waals surface area contributed by atoms with Gasteiger partial charge in [-0.05, 0) is 66.6 Å². The molecule has 0 radical (unpaired) electrons. The summed E-state index contributed by atoms with van der Waals surface area (Å²) in [4.78, 5) is 13.2. The maximum absolute atomic E-state index is 14.5. The van der Waals surface area contributed by atoms with Crippen LogP contribution in [-0.4, -0.2) is 36.4 Å². The molecule has 0 spiro atoms. The third kappa shape index (κ3) is 4.33.